The summed E-state index contributed by atoms with van der Waals surface area (Å²) in [6.07, 6.45) is -0.714. The smallest absolute Gasteiger partial charge is 0.265 e. The molecule has 0 heterocycles. The molecule has 3 rings (SSSR count). The van der Waals surface area contributed by atoms with Crippen LogP contribution in [0.5, 0.6) is 5.75 Å². The van der Waals surface area contributed by atoms with Gasteiger partial charge >= 0.3 is 0 Å². The molecule has 7 heteroatoms. The van der Waals surface area contributed by atoms with E-state index in [2.05, 4.69) is 10.0 Å². The number of hydrogen-bond acceptors (Lipinski definition) is 4. The summed E-state index contributed by atoms with van der Waals surface area (Å²) in [6, 6.07) is 18.7. The molecule has 1 amide bonds. The Kier molecular flexibility index (Phi) is 6.65. The summed E-state index contributed by atoms with van der Waals surface area (Å²) >= 11 is 0. The molecule has 162 valence electrons. The Bertz CT molecular complexity index is 1170. The summed E-state index contributed by atoms with van der Waals surface area (Å²) in [4.78, 5) is 12.6. The molecule has 0 fully saturated rings. The highest BCUT2D eigenvalue weighted by Gasteiger charge is 2.17. The summed E-state index contributed by atoms with van der Waals surface area (Å²) in [5.41, 5.74) is 4.24. The van der Waals surface area contributed by atoms with E-state index in [1.165, 1.54) is 12.1 Å². The van der Waals surface area contributed by atoms with Gasteiger partial charge in [-0.25, -0.2) is 8.42 Å². The molecule has 31 heavy (non-hydrogen) atoms. The fourth-order valence-electron chi connectivity index (χ4n) is 2.84. The molecule has 3 aromatic rings. The number of amides is 1. The Balaban J connectivity index is 1.63. The lowest BCUT2D eigenvalue weighted by Gasteiger charge is -2.16. The molecule has 0 spiro atoms. The lowest BCUT2D eigenvalue weighted by molar-refractivity contribution is -0.122. The molecule has 0 aromatic heterocycles. The van der Waals surface area contributed by atoms with Crippen molar-refractivity contribution in [1.82, 2.24) is 0 Å². The summed E-state index contributed by atoms with van der Waals surface area (Å²) in [7, 11) is -3.72. The van der Waals surface area contributed by atoms with Crippen molar-refractivity contribution in [3.8, 4) is 5.75 Å². The van der Waals surface area contributed by atoms with Crippen LogP contribution in [0.15, 0.2) is 71.6 Å². The third-order valence-corrected chi connectivity index (χ3v) is 6.29. The monoisotopic (exact) mass is 438 g/mol. The Morgan fingerprint density at radius 1 is 0.839 bits per heavy atom. The van der Waals surface area contributed by atoms with Gasteiger partial charge in [0.2, 0.25) is 0 Å². The number of benzene rings is 3. The van der Waals surface area contributed by atoms with E-state index in [9.17, 15) is 13.2 Å². The first-order chi connectivity index (χ1) is 14.6. The van der Waals surface area contributed by atoms with E-state index in [4.69, 9.17) is 4.74 Å². The van der Waals surface area contributed by atoms with Gasteiger partial charge in [0.15, 0.2) is 6.10 Å². The maximum Gasteiger partial charge on any atom is 0.265 e. The lowest BCUT2D eigenvalue weighted by Crippen LogP contribution is -2.30. The minimum atomic E-state index is -3.72. The van der Waals surface area contributed by atoms with Crippen LogP contribution in [0.1, 0.15) is 23.6 Å². The molecular formula is C24H26N2O4S. The van der Waals surface area contributed by atoms with Crippen molar-refractivity contribution < 1.29 is 17.9 Å². The molecule has 1 atom stereocenters. The topological polar surface area (TPSA) is 84.5 Å². The number of carbonyl (C=O) groups is 1. The third-order valence-electron chi connectivity index (χ3n) is 4.90. The van der Waals surface area contributed by atoms with E-state index in [0.29, 0.717) is 17.1 Å². The second kappa shape index (κ2) is 9.22. The highest BCUT2D eigenvalue weighted by Crippen LogP contribution is 2.20. The van der Waals surface area contributed by atoms with Crippen LogP contribution >= 0.6 is 0 Å². The molecule has 0 unspecified atom stereocenters. The second-order valence-electron chi connectivity index (χ2n) is 7.49. The van der Waals surface area contributed by atoms with Crippen LogP contribution in [0.25, 0.3) is 0 Å². The molecule has 0 aliphatic heterocycles. The van der Waals surface area contributed by atoms with Crippen molar-refractivity contribution in [2.75, 3.05) is 10.0 Å². The van der Waals surface area contributed by atoms with Crippen LogP contribution in [-0.4, -0.2) is 20.4 Å². The number of ether oxygens (including phenoxy) is 1. The minimum absolute atomic E-state index is 0.102. The first-order valence-corrected chi connectivity index (χ1v) is 11.4. The third kappa shape index (κ3) is 5.86. The van der Waals surface area contributed by atoms with Crippen molar-refractivity contribution in [3.63, 3.8) is 0 Å². The quantitative estimate of drug-likeness (QED) is 0.554. The van der Waals surface area contributed by atoms with Gasteiger partial charge in [0.25, 0.3) is 15.9 Å². The Labute approximate surface area is 183 Å². The molecule has 0 aliphatic carbocycles. The van der Waals surface area contributed by atoms with E-state index in [1.807, 2.05) is 51.1 Å². The zero-order chi connectivity index (χ0) is 22.6. The first kappa shape index (κ1) is 22.4. The van der Waals surface area contributed by atoms with Crippen LogP contribution in [-0.2, 0) is 14.8 Å². The van der Waals surface area contributed by atoms with Crippen LogP contribution in [0, 0.1) is 20.8 Å². The van der Waals surface area contributed by atoms with Crippen molar-refractivity contribution >= 4 is 27.3 Å². The zero-order valence-corrected chi connectivity index (χ0v) is 18.8. The molecule has 0 aliphatic rings. The Morgan fingerprint density at radius 3 is 2.06 bits per heavy atom. The zero-order valence-electron chi connectivity index (χ0n) is 18.0. The van der Waals surface area contributed by atoms with Crippen LogP contribution < -0.4 is 14.8 Å². The van der Waals surface area contributed by atoms with Gasteiger partial charge < -0.3 is 10.1 Å². The van der Waals surface area contributed by atoms with Crippen molar-refractivity contribution in [2.45, 2.75) is 38.7 Å². The summed E-state index contributed by atoms with van der Waals surface area (Å²) in [6.45, 7) is 7.58. The highest BCUT2D eigenvalue weighted by molar-refractivity contribution is 7.92. The molecular weight excluding hydrogens is 412 g/mol. The maximum atomic E-state index is 12.6. The standard InChI is InChI=1S/C24H26N2O4S/c1-16-5-8-21(9-6-16)26-31(28,29)23-13-10-20(11-14-23)25-24(27)19(4)30-22-12-7-17(2)18(3)15-22/h5-15,19,26H,1-4H3,(H,25,27)/t19-/m0/s1. The maximum absolute atomic E-state index is 12.6. The molecule has 0 saturated heterocycles. The van der Waals surface area contributed by atoms with Gasteiger partial charge in [0.1, 0.15) is 5.75 Å². The van der Waals surface area contributed by atoms with Crippen LogP contribution in [0.2, 0.25) is 0 Å². The minimum Gasteiger partial charge on any atom is -0.481 e. The fourth-order valence-corrected chi connectivity index (χ4v) is 3.90. The summed E-state index contributed by atoms with van der Waals surface area (Å²) in [5.74, 6) is 0.293. The number of rotatable bonds is 7. The van der Waals surface area contributed by atoms with Crippen molar-refractivity contribution in [1.29, 1.82) is 0 Å². The number of sulfonamides is 1. The van der Waals surface area contributed by atoms with E-state index < -0.39 is 16.1 Å². The molecule has 2 N–H and O–H groups in total. The average Bonchev–Trinajstić information content (AvgIpc) is 2.72. The van der Waals surface area contributed by atoms with Gasteiger partial charge in [-0.2, -0.15) is 0 Å². The number of anilines is 2. The van der Waals surface area contributed by atoms with Gasteiger partial charge in [-0.3, -0.25) is 9.52 Å². The first-order valence-electron chi connectivity index (χ1n) is 9.88. The van der Waals surface area contributed by atoms with Gasteiger partial charge in [0.05, 0.1) is 4.90 Å². The largest absolute Gasteiger partial charge is 0.481 e. The fraction of sp³-hybridized carbons (Fsp3) is 0.208. The molecule has 0 saturated carbocycles. The van der Waals surface area contributed by atoms with E-state index in [0.717, 1.165) is 16.7 Å². The van der Waals surface area contributed by atoms with Crippen molar-refractivity contribution in [2.24, 2.45) is 0 Å². The van der Waals surface area contributed by atoms with E-state index >= 15 is 0 Å². The number of carbonyl (C=O) groups excluding carboxylic acids is 1. The second-order valence-corrected chi connectivity index (χ2v) is 9.17. The number of nitrogens with one attached hydrogen (secondary N) is 2. The molecule has 0 radical (unpaired) electrons. The highest BCUT2D eigenvalue weighted by atomic mass is 32.2. The number of hydrogen-bond donors (Lipinski definition) is 2. The normalized spacial score (nSPS) is 12.1. The number of aryl methyl sites for hydroxylation is 3. The van der Waals surface area contributed by atoms with Crippen LogP contribution in [0.4, 0.5) is 11.4 Å². The predicted molar refractivity (Wildman–Crippen MR) is 123 cm³/mol. The lowest BCUT2D eigenvalue weighted by atomic mass is 10.1. The van der Waals surface area contributed by atoms with Crippen molar-refractivity contribution in [3.05, 3.63) is 83.4 Å². The van der Waals surface area contributed by atoms with E-state index in [1.54, 1.807) is 31.2 Å². The molecule has 3 aromatic carbocycles. The average molecular weight is 439 g/mol. The molecule has 0 bridgehead atoms. The summed E-state index contributed by atoms with van der Waals surface area (Å²) < 4.78 is 33.4. The van der Waals surface area contributed by atoms with Gasteiger partial charge in [-0.15, -0.1) is 0 Å². The Morgan fingerprint density at radius 2 is 1.45 bits per heavy atom. The van der Waals surface area contributed by atoms with Gasteiger partial charge in [0, 0.05) is 11.4 Å². The predicted octanol–water partition coefficient (Wildman–Crippen LogP) is 4.82. The van der Waals surface area contributed by atoms with Crippen LogP contribution in [0.3, 0.4) is 0 Å². The van der Waals surface area contributed by atoms with E-state index in [-0.39, 0.29) is 10.8 Å². The summed E-state index contributed by atoms with van der Waals surface area (Å²) in [5, 5.41) is 2.74. The molecule has 6 nitrogen and oxygen atoms in total. The van der Waals surface area contributed by atoms with Gasteiger partial charge in [-0.1, -0.05) is 23.8 Å². The SMILES string of the molecule is Cc1ccc(NS(=O)(=O)c2ccc(NC(=O)[C@H](C)Oc3ccc(C)c(C)c3)cc2)cc1. The van der Waals surface area contributed by atoms with Gasteiger partial charge in [-0.05, 0) is 87.4 Å². The Hall–Kier alpha value is -3.32.